The Balaban J connectivity index is 0. The Hall–Kier alpha value is 0.0425. The summed E-state index contributed by atoms with van der Waals surface area (Å²) in [6, 6.07) is 0. The van der Waals surface area contributed by atoms with Crippen molar-refractivity contribution in [3.05, 3.63) is 38.0 Å². The Bertz CT molecular complexity index is 97.0. The van der Waals surface area contributed by atoms with Crippen LogP contribution in [-0.4, -0.2) is 14.1 Å². The third-order valence-electron chi connectivity index (χ3n) is 1.50. The molecule has 0 aliphatic carbocycles. The van der Waals surface area contributed by atoms with Crippen LogP contribution < -0.4 is 0 Å². The molecule has 0 rings (SSSR count). The molecule has 0 aliphatic heterocycles. The number of hydrogen-bond donors (Lipinski definition) is 0. The summed E-state index contributed by atoms with van der Waals surface area (Å²) in [5.74, 6) is 0. The molecule has 0 unspecified atom stereocenters. The van der Waals surface area contributed by atoms with Gasteiger partial charge in [-0.15, -0.1) is 50.4 Å². The average molecular weight is 187 g/mol. The van der Waals surface area contributed by atoms with Gasteiger partial charge in [-0.05, 0) is 0 Å². The van der Waals surface area contributed by atoms with E-state index in [1.54, 1.807) is 0 Å². The van der Waals surface area contributed by atoms with Crippen molar-refractivity contribution < 1.29 is 0 Å². The summed E-state index contributed by atoms with van der Waals surface area (Å²) in [5, 5.41) is 3.62. The van der Waals surface area contributed by atoms with Crippen molar-refractivity contribution in [1.29, 1.82) is 0 Å². The minimum absolute atomic E-state index is 0. The minimum Gasteiger partial charge on any atom is -0.147 e. The molecule has 0 N–H and O–H groups in total. The van der Waals surface area contributed by atoms with E-state index >= 15 is 0 Å². The second-order valence-corrected chi connectivity index (χ2v) is 5.59. The van der Waals surface area contributed by atoms with Gasteiger partial charge in [0, 0.05) is 0 Å². The summed E-state index contributed by atoms with van der Waals surface area (Å²) in [6.45, 7) is 11.2. The van der Waals surface area contributed by atoms with Crippen LogP contribution in [0, 0.1) is 0 Å². The summed E-state index contributed by atoms with van der Waals surface area (Å²) < 4.78 is 0. The van der Waals surface area contributed by atoms with Crippen LogP contribution in [0.5, 0.6) is 0 Å². The number of allylic oxidation sites excluding steroid dienone is 3. The highest BCUT2D eigenvalue weighted by atomic mass is 35.5. The highest BCUT2D eigenvalue weighted by molar-refractivity contribution is 6.60. The zero-order chi connectivity index (χ0) is 7.82. The highest BCUT2D eigenvalue weighted by Crippen LogP contribution is 2.06. The molecule has 0 atom stereocenters. The molecule has 2 heteroatoms. The van der Waals surface area contributed by atoms with Crippen LogP contribution in [0.15, 0.2) is 38.0 Å². The summed E-state index contributed by atoms with van der Waals surface area (Å²) in [5.41, 5.74) is 0. The summed E-state index contributed by atoms with van der Waals surface area (Å²) >= 11 is -0.588. The van der Waals surface area contributed by atoms with Gasteiger partial charge in [-0.1, -0.05) is 15.8 Å². The number of rotatable bonds is 6. The van der Waals surface area contributed by atoms with Gasteiger partial charge < -0.3 is 0 Å². The molecule has 11 heavy (non-hydrogen) atoms. The van der Waals surface area contributed by atoms with Gasteiger partial charge in [0.2, 0.25) is 0 Å². The first kappa shape index (κ1) is 13.6. The van der Waals surface area contributed by atoms with E-state index in [0.717, 1.165) is 0 Å². The van der Waals surface area contributed by atoms with Gasteiger partial charge in [0.05, 0.1) is 0 Å². The van der Waals surface area contributed by atoms with Crippen molar-refractivity contribution in [2.45, 2.75) is 15.8 Å². The van der Waals surface area contributed by atoms with Crippen molar-refractivity contribution in [3.8, 4) is 0 Å². The maximum Gasteiger partial charge on any atom is 0.274 e. The van der Waals surface area contributed by atoms with Crippen LogP contribution in [0.4, 0.5) is 0 Å². The molecule has 0 amide bonds. The lowest BCUT2D eigenvalue weighted by Crippen LogP contribution is -2.07. The Morgan fingerprint density at radius 1 is 0.818 bits per heavy atom. The third-order valence-corrected chi connectivity index (χ3v) is 4.50. The molecule has 0 aromatic rings. The molecule has 0 bridgehead atoms. The molecule has 0 spiro atoms. The van der Waals surface area contributed by atoms with E-state index in [1.807, 2.05) is 18.2 Å². The minimum atomic E-state index is -0.588. The smallest absolute Gasteiger partial charge is 0.147 e. The average Bonchev–Trinajstić information content (AvgIpc) is 1.90. The molecule has 0 aromatic carbocycles. The van der Waals surface area contributed by atoms with Gasteiger partial charge in [-0.25, -0.2) is 0 Å². The molecule has 62 valence electrons. The molecule has 0 aliphatic rings. The van der Waals surface area contributed by atoms with E-state index in [2.05, 4.69) is 19.7 Å². The maximum absolute atomic E-state index is 3.73. The molecule has 0 saturated heterocycles. The van der Waals surface area contributed by atoms with Crippen molar-refractivity contribution in [2.75, 3.05) is 0 Å². The van der Waals surface area contributed by atoms with Crippen molar-refractivity contribution >= 4 is 26.6 Å². The van der Waals surface area contributed by atoms with E-state index in [4.69, 9.17) is 0 Å². The fraction of sp³-hybridized carbons (Fsp3) is 0.333. The van der Waals surface area contributed by atoms with Gasteiger partial charge in [0.1, 0.15) is 0 Å². The standard InChI is InChI=1S/3C3H5.Al.ClH/c3*1-3-2;;/h3*3H,1-2H2;;1H. The lowest BCUT2D eigenvalue weighted by Gasteiger charge is -2.00. The van der Waals surface area contributed by atoms with E-state index in [9.17, 15) is 0 Å². The Kier molecular flexibility index (Phi) is 12.4. The highest BCUT2D eigenvalue weighted by Gasteiger charge is 2.09. The summed E-state index contributed by atoms with van der Waals surface area (Å²) in [7, 11) is 0. The van der Waals surface area contributed by atoms with Crippen LogP contribution in [-0.2, 0) is 0 Å². The molecule has 0 nitrogen and oxygen atoms in total. The lowest BCUT2D eigenvalue weighted by atomic mass is 10.7. The molecule has 0 heterocycles. The fourth-order valence-corrected chi connectivity index (χ4v) is 2.99. The first-order valence-electron chi connectivity index (χ1n) is 3.67. The van der Waals surface area contributed by atoms with Crippen LogP contribution in [0.25, 0.3) is 0 Å². The van der Waals surface area contributed by atoms with Crippen LogP contribution in [0.2, 0.25) is 15.8 Å². The first-order valence-corrected chi connectivity index (χ1v) is 6.12. The topological polar surface area (TPSA) is 0 Å². The fourth-order valence-electron chi connectivity index (χ4n) is 0.996. The predicted octanol–water partition coefficient (Wildman–Crippen LogP) is 3.46. The molecule has 0 saturated carbocycles. The van der Waals surface area contributed by atoms with E-state index < -0.39 is 14.1 Å². The van der Waals surface area contributed by atoms with Gasteiger partial charge in [0.15, 0.2) is 0 Å². The number of halogens is 1. The largest absolute Gasteiger partial charge is 0.274 e. The number of hydrogen-bond acceptors (Lipinski definition) is 0. The molecule has 0 fully saturated rings. The van der Waals surface area contributed by atoms with Gasteiger partial charge in [0.25, 0.3) is 14.1 Å². The van der Waals surface area contributed by atoms with Gasteiger partial charge in [-0.2, -0.15) is 0 Å². The van der Waals surface area contributed by atoms with Crippen molar-refractivity contribution in [2.24, 2.45) is 0 Å². The third kappa shape index (κ3) is 7.94. The summed E-state index contributed by atoms with van der Waals surface area (Å²) in [6.07, 6.45) is 6.05. The molecule has 0 aromatic heterocycles. The van der Waals surface area contributed by atoms with Gasteiger partial charge >= 0.3 is 0 Å². The van der Waals surface area contributed by atoms with E-state index in [0.29, 0.717) is 0 Å². The Labute approximate surface area is 80.5 Å². The quantitative estimate of drug-likeness (QED) is 0.440. The summed E-state index contributed by atoms with van der Waals surface area (Å²) in [4.78, 5) is 0. The zero-order valence-corrected chi connectivity index (χ0v) is 8.93. The van der Waals surface area contributed by atoms with Crippen molar-refractivity contribution in [1.82, 2.24) is 0 Å². The SMILES string of the molecule is C=C[CH2][Al]([CH2]C=C)[CH2]C=C.Cl. The van der Waals surface area contributed by atoms with E-state index in [-0.39, 0.29) is 12.4 Å². The van der Waals surface area contributed by atoms with Crippen molar-refractivity contribution in [3.63, 3.8) is 0 Å². The second-order valence-electron chi connectivity index (χ2n) is 2.44. The Morgan fingerprint density at radius 3 is 1.27 bits per heavy atom. The zero-order valence-electron chi connectivity index (χ0n) is 6.96. The molecular weight excluding hydrogens is 171 g/mol. The normalized spacial score (nSPS) is 7.64. The monoisotopic (exact) mass is 186 g/mol. The molecule has 0 radical (unpaired) electrons. The van der Waals surface area contributed by atoms with Crippen LogP contribution in [0.1, 0.15) is 0 Å². The Morgan fingerprint density at radius 2 is 1.09 bits per heavy atom. The molecular formula is C9H16AlCl. The second kappa shape index (κ2) is 10.0. The van der Waals surface area contributed by atoms with E-state index in [1.165, 1.54) is 15.8 Å². The maximum atomic E-state index is 3.73. The first-order chi connectivity index (χ1) is 4.85. The predicted molar refractivity (Wildman–Crippen MR) is 58.0 cm³/mol. The van der Waals surface area contributed by atoms with Crippen LogP contribution >= 0.6 is 12.4 Å². The van der Waals surface area contributed by atoms with Gasteiger partial charge in [-0.3, -0.25) is 0 Å². The lowest BCUT2D eigenvalue weighted by molar-refractivity contribution is 1.45. The van der Waals surface area contributed by atoms with Crippen LogP contribution in [0.3, 0.4) is 0 Å².